The Kier molecular flexibility index (Phi) is 10.2. The lowest BCUT2D eigenvalue weighted by Crippen LogP contribution is -1.97. The molecule has 0 aliphatic carbocycles. The van der Waals surface area contributed by atoms with E-state index in [4.69, 9.17) is 4.74 Å². The lowest BCUT2D eigenvalue weighted by Gasteiger charge is -2.06. The van der Waals surface area contributed by atoms with Gasteiger partial charge in [-0.15, -0.1) is 11.8 Å². The van der Waals surface area contributed by atoms with Crippen molar-refractivity contribution in [3.63, 3.8) is 0 Å². The van der Waals surface area contributed by atoms with Gasteiger partial charge in [0, 0.05) is 4.90 Å². The van der Waals surface area contributed by atoms with Gasteiger partial charge in [0.1, 0.15) is 5.75 Å². The van der Waals surface area contributed by atoms with E-state index in [2.05, 4.69) is 43.2 Å². The van der Waals surface area contributed by atoms with Crippen molar-refractivity contribution in [2.24, 2.45) is 0 Å². The molecule has 0 spiro atoms. The van der Waals surface area contributed by atoms with Gasteiger partial charge in [-0.2, -0.15) is 12.6 Å². The Morgan fingerprint density at radius 2 is 1.47 bits per heavy atom. The van der Waals surface area contributed by atoms with E-state index >= 15 is 0 Å². The SMILES string of the molecule is CSc1ccc(OCCCCCCCCCS)cc1. The van der Waals surface area contributed by atoms with Crippen molar-refractivity contribution in [3.05, 3.63) is 24.3 Å². The molecule has 0 heterocycles. The minimum Gasteiger partial charge on any atom is -0.494 e. The minimum atomic E-state index is 0.843. The van der Waals surface area contributed by atoms with Gasteiger partial charge in [-0.25, -0.2) is 0 Å². The normalized spacial score (nSPS) is 10.6. The summed E-state index contributed by atoms with van der Waals surface area (Å²) in [6.45, 7) is 0.843. The summed E-state index contributed by atoms with van der Waals surface area (Å²) < 4.78 is 5.73. The van der Waals surface area contributed by atoms with E-state index in [0.717, 1.165) is 24.5 Å². The van der Waals surface area contributed by atoms with Gasteiger partial charge in [-0.1, -0.05) is 32.1 Å². The molecule has 0 amide bonds. The second-order valence-corrected chi connectivity index (χ2v) is 6.05. The van der Waals surface area contributed by atoms with Crippen molar-refractivity contribution >= 4 is 24.4 Å². The van der Waals surface area contributed by atoms with Crippen molar-refractivity contribution in [3.8, 4) is 5.75 Å². The molecule has 0 aromatic heterocycles. The average Bonchev–Trinajstić information content (AvgIpc) is 2.46. The van der Waals surface area contributed by atoms with Crippen molar-refractivity contribution in [2.45, 2.75) is 49.8 Å². The van der Waals surface area contributed by atoms with Crippen molar-refractivity contribution in [1.29, 1.82) is 0 Å². The molecule has 0 unspecified atom stereocenters. The molecule has 1 aromatic carbocycles. The first-order chi connectivity index (χ1) is 9.36. The van der Waals surface area contributed by atoms with Crippen molar-refractivity contribution in [2.75, 3.05) is 18.6 Å². The van der Waals surface area contributed by atoms with E-state index in [1.807, 2.05) is 0 Å². The fourth-order valence-corrected chi connectivity index (χ4v) is 2.59. The fourth-order valence-electron chi connectivity index (χ4n) is 1.96. The monoisotopic (exact) mass is 298 g/mol. The summed E-state index contributed by atoms with van der Waals surface area (Å²) in [5, 5.41) is 0. The van der Waals surface area contributed by atoms with Crippen LogP contribution in [0.5, 0.6) is 5.75 Å². The topological polar surface area (TPSA) is 9.23 Å². The molecule has 0 aliphatic heterocycles. The predicted octanol–water partition coefficient (Wildman–Crippen LogP) is 5.45. The summed E-state index contributed by atoms with van der Waals surface area (Å²) in [5.74, 6) is 2.02. The maximum absolute atomic E-state index is 5.73. The van der Waals surface area contributed by atoms with Crippen LogP contribution in [-0.2, 0) is 0 Å². The quantitative estimate of drug-likeness (QED) is 0.330. The number of hydrogen-bond acceptors (Lipinski definition) is 3. The predicted molar refractivity (Wildman–Crippen MR) is 89.9 cm³/mol. The molecule has 0 atom stereocenters. The van der Waals surface area contributed by atoms with Crippen LogP contribution < -0.4 is 4.74 Å². The molecule has 1 aromatic rings. The number of thiol groups is 1. The number of hydrogen-bond donors (Lipinski definition) is 1. The summed E-state index contributed by atoms with van der Waals surface area (Å²) in [4.78, 5) is 1.29. The Morgan fingerprint density at radius 3 is 2.05 bits per heavy atom. The number of unbranched alkanes of at least 4 members (excludes halogenated alkanes) is 6. The minimum absolute atomic E-state index is 0.843. The Labute approximate surface area is 127 Å². The van der Waals surface area contributed by atoms with Gasteiger partial charge in [-0.3, -0.25) is 0 Å². The van der Waals surface area contributed by atoms with Crippen LogP contribution in [0, 0.1) is 0 Å². The van der Waals surface area contributed by atoms with E-state index in [-0.39, 0.29) is 0 Å². The largest absolute Gasteiger partial charge is 0.494 e. The molecule has 0 saturated heterocycles. The van der Waals surface area contributed by atoms with Crippen LogP contribution in [0.3, 0.4) is 0 Å². The van der Waals surface area contributed by atoms with E-state index in [1.165, 1.54) is 43.4 Å². The van der Waals surface area contributed by atoms with Gasteiger partial charge in [0.15, 0.2) is 0 Å². The molecular weight excluding hydrogens is 272 g/mol. The average molecular weight is 299 g/mol. The van der Waals surface area contributed by atoms with Crippen molar-refractivity contribution < 1.29 is 4.74 Å². The second kappa shape index (κ2) is 11.5. The van der Waals surface area contributed by atoms with Gasteiger partial charge in [0.05, 0.1) is 6.61 Å². The lowest BCUT2D eigenvalue weighted by atomic mass is 10.1. The van der Waals surface area contributed by atoms with Crippen molar-refractivity contribution in [1.82, 2.24) is 0 Å². The van der Waals surface area contributed by atoms with Crippen LogP contribution in [0.25, 0.3) is 0 Å². The summed E-state index contributed by atoms with van der Waals surface area (Å²) in [6, 6.07) is 8.34. The van der Waals surface area contributed by atoms with Crippen LogP contribution in [0.2, 0.25) is 0 Å². The van der Waals surface area contributed by atoms with Crippen LogP contribution in [-0.4, -0.2) is 18.6 Å². The van der Waals surface area contributed by atoms with Gasteiger partial charge in [0.2, 0.25) is 0 Å². The first-order valence-corrected chi connectivity index (χ1v) is 9.10. The smallest absolute Gasteiger partial charge is 0.119 e. The summed E-state index contributed by atoms with van der Waals surface area (Å²) in [7, 11) is 0. The van der Waals surface area contributed by atoms with Crippen LogP contribution >= 0.6 is 24.4 Å². The third kappa shape index (κ3) is 8.48. The molecule has 1 nitrogen and oxygen atoms in total. The van der Waals surface area contributed by atoms with E-state index < -0.39 is 0 Å². The molecule has 19 heavy (non-hydrogen) atoms. The molecule has 108 valence electrons. The first kappa shape index (κ1) is 16.8. The Bertz CT molecular complexity index is 311. The Morgan fingerprint density at radius 1 is 0.895 bits per heavy atom. The summed E-state index contributed by atoms with van der Waals surface area (Å²) in [5.41, 5.74) is 0. The zero-order valence-electron chi connectivity index (χ0n) is 11.9. The molecule has 0 bridgehead atoms. The molecule has 1 rings (SSSR count). The number of thioether (sulfide) groups is 1. The second-order valence-electron chi connectivity index (χ2n) is 4.72. The maximum Gasteiger partial charge on any atom is 0.119 e. The maximum atomic E-state index is 5.73. The van der Waals surface area contributed by atoms with E-state index in [0.29, 0.717) is 0 Å². The Hall–Kier alpha value is -0.280. The highest BCUT2D eigenvalue weighted by molar-refractivity contribution is 7.98. The summed E-state index contributed by atoms with van der Waals surface area (Å²) in [6.07, 6.45) is 11.2. The van der Waals surface area contributed by atoms with Gasteiger partial charge in [0.25, 0.3) is 0 Å². The molecule has 0 aliphatic rings. The zero-order valence-corrected chi connectivity index (χ0v) is 13.6. The molecule has 0 N–H and O–H groups in total. The number of benzene rings is 1. The van der Waals surface area contributed by atoms with Gasteiger partial charge < -0.3 is 4.74 Å². The zero-order chi connectivity index (χ0) is 13.8. The molecular formula is C16H26OS2. The first-order valence-electron chi connectivity index (χ1n) is 7.24. The third-order valence-corrected chi connectivity index (χ3v) is 4.19. The highest BCUT2D eigenvalue weighted by Gasteiger charge is 1.95. The Balaban J connectivity index is 1.95. The summed E-state index contributed by atoms with van der Waals surface area (Å²) >= 11 is 5.98. The molecule has 0 saturated carbocycles. The van der Waals surface area contributed by atoms with E-state index in [9.17, 15) is 0 Å². The highest BCUT2D eigenvalue weighted by atomic mass is 32.2. The third-order valence-electron chi connectivity index (χ3n) is 3.13. The standard InChI is InChI=1S/C16H26OS2/c1-19-16-11-9-15(10-12-16)17-13-7-5-3-2-4-6-8-14-18/h9-12,18H,2-8,13-14H2,1H3. The molecule has 0 radical (unpaired) electrons. The van der Waals surface area contributed by atoms with Crippen LogP contribution in [0.15, 0.2) is 29.2 Å². The number of rotatable bonds is 11. The van der Waals surface area contributed by atoms with E-state index in [1.54, 1.807) is 11.8 Å². The van der Waals surface area contributed by atoms with Crippen LogP contribution in [0.4, 0.5) is 0 Å². The van der Waals surface area contributed by atoms with Crippen LogP contribution in [0.1, 0.15) is 44.9 Å². The fraction of sp³-hybridized carbons (Fsp3) is 0.625. The lowest BCUT2D eigenvalue weighted by molar-refractivity contribution is 0.304. The highest BCUT2D eigenvalue weighted by Crippen LogP contribution is 2.19. The van der Waals surface area contributed by atoms with Gasteiger partial charge in [-0.05, 0) is 49.1 Å². The van der Waals surface area contributed by atoms with Gasteiger partial charge >= 0.3 is 0 Å². The molecule has 3 heteroatoms. The molecule has 0 fully saturated rings. The number of ether oxygens (including phenoxy) is 1.